The van der Waals surface area contributed by atoms with E-state index >= 15 is 0 Å². The predicted octanol–water partition coefficient (Wildman–Crippen LogP) is 3.89. The van der Waals surface area contributed by atoms with Gasteiger partial charge in [0.1, 0.15) is 0 Å². The van der Waals surface area contributed by atoms with Gasteiger partial charge in [0.2, 0.25) is 0 Å². The minimum atomic E-state index is -0.578. The number of rotatable bonds is 4. The molecule has 2 aromatic carbocycles. The van der Waals surface area contributed by atoms with Crippen molar-refractivity contribution in [3.63, 3.8) is 0 Å². The van der Waals surface area contributed by atoms with Crippen molar-refractivity contribution in [1.29, 1.82) is 5.26 Å². The first-order valence-electron chi connectivity index (χ1n) is 5.84. The van der Waals surface area contributed by atoms with Crippen LogP contribution in [0, 0.1) is 17.1 Å². The highest BCUT2D eigenvalue weighted by Crippen LogP contribution is 2.32. The molecule has 0 aliphatic carbocycles. The Bertz CT molecular complexity index is 620. The van der Waals surface area contributed by atoms with E-state index in [-0.39, 0.29) is 11.3 Å². The van der Waals surface area contributed by atoms with E-state index in [1.54, 1.807) is 18.2 Å². The Labute approximate surface area is 110 Å². The molecular weight excluding hydrogens is 245 g/mol. The predicted molar refractivity (Wildman–Crippen MR) is 68.8 cm³/mol. The maximum absolute atomic E-state index is 13.7. The van der Waals surface area contributed by atoms with E-state index in [9.17, 15) is 4.39 Å². The third-order valence-corrected chi connectivity index (χ3v) is 2.43. The van der Waals surface area contributed by atoms with Crippen LogP contribution >= 0.6 is 0 Å². The largest absolute Gasteiger partial charge is 0.490 e. The summed E-state index contributed by atoms with van der Waals surface area (Å²) >= 11 is 0. The average molecular weight is 257 g/mol. The number of nitrogens with zero attached hydrogens (tertiary/aromatic N) is 1. The quantitative estimate of drug-likeness (QED) is 0.834. The van der Waals surface area contributed by atoms with E-state index in [0.29, 0.717) is 18.1 Å². The Morgan fingerprint density at radius 1 is 1.11 bits per heavy atom. The molecule has 2 aromatic rings. The fraction of sp³-hybridized carbons (Fsp3) is 0.133. The molecule has 96 valence electrons. The summed E-state index contributed by atoms with van der Waals surface area (Å²) in [5.41, 5.74) is 0.253. The lowest BCUT2D eigenvalue weighted by Crippen LogP contribution is -1.96. The minimum absolute atomic E-state index is 0.0613. The second-order valence-electron chi connectivity index (χ2n) is 3.74. The molecule has 3 nitrogen and oxygen atoms in total. The van der Waals surface area contributed by atoms with Gasteiger partial charge in [0.25, 0.3) is 0 Å². The molecule has 0 heterocycles. The number of hydrogen-bond acceptors (Lipinski definition) is 3. The molecular formula is C15H12FNO2. The van der Waals surface area contributed by atoms with Crippen LogP contribution in [0.25, 0.3) is 0 Å². The summed E-state index contributed by atoms with van der Waals surface area (Å²) < 4.78 is 24.6. The monoisotopic (exact) mass is 257 g/mol. The second kappa shape index (κ2) is 5.87. The van der Waals surface area contributed by atoms with Crippen LogP contribution in [0.15, 0.2) is 42.5 Å². The third-order valence-electron chi connectivity index (χ3n) is 2.43. The van der Waals surface area contributed by atoms with Crippen LogP contribution in [0.2, 0.25) is 0 Å². The SMILES string of the molecule is CCOc1ccccc1Oc1ccc(C#N)cc1F. The zero-order chi connectivity index (χ0) is 13.7. The number of halogens is 1. The minimum Gasteiger partial charge on any atom is -0.490 e. The molecule has 0 saturated heterocycles. The van der Waals surface area contributed by atoms with Gasteiger partial charge in [0.15, 0.2) is 23.1 Å². The summed E-state index contributed by atoms with van der Waals surface area (Å²) in [4.78, 5) is 0. The Hall–Kier alpha value is -2.54. The Kier molecular flexibility index (Phi) is 3.99. The van der Waals surface area contributed by atoms with Crippen LogP contribution < -0.4 is 9.47 Å². The van der Waals surface area contributed by atoms with Gasteiger partial charge in [0, 0.05) is 0 Å². The molecule has 0 saturated carbocycles. The number of benzene rings is 2. The van der Waals surface area contributed by atoms with Crippen molar-refractivity contribution in [3.05, 3.63) is 53.8 Å². The molecule has 0 aliphatic rings. The molecule has 19 heavy (non-hydrogen) atoms. The molecule has 0 fully saturated rings. The summed E-state index contributed by atoms with van der Waals surface area (Å²) in [5, 5.41) is 8.68. The van der Waals surface area contributed by atoms with Gasteiger partial charge in [-0.25, -0.2) is 4.39 Å². The Morgan fingerprint density at radius 3 is 2.47 bits per heavy atom. The molecule has 0 aliphatic heterocycles. The molecule has 2 rings (SSSR count). The van der Waals surface area contributed by atoms with E-state index in [2.05, 4.69) is 0 Å². The lowest BCUT2D eigenvalue weighted by molar-refractivity contribution is 0.319. The van der Waals surface area contributed by atoms with Crippen molar-refractivity contribution in [1.82, 2.24) is 0 Å². The van der Waals surface area contributed by atoms with E-state index in [4.69, 9.17) is 14.7 Å². The first-order chi connectivity index (χ1) is 9.24. The summed E-state index contributed by atoms with van der Waals surface area (Å²) in [6.07, 6.45) is 0. The molecule has 0 unspecified atom stereocenters. The maximum Gasteiger partial charge on any atom is 0.169 e. The van der Waals surface area contributed by atoms with Crippen LogP contribution in [0.1, 0.15) is 12.5 Å². The molecule has 0 atom stereocenters. The standard InChI is InChI=1S/C15H12FNO2/c1-2-18-14-5-3-4-6-15(14)19-13-8-7-11(10-17)9-12(13)16/h3-9H,2H2,1H3. The summed E-state index contributed by atoms with van der Waals surface area (Å²) in [6, 6.07) is 13.0. The smallest absolute Gasteiger partial charge is 0.169 e. The fourth-order valence-electron chi connectivity index (χ4n) is 1.58. The first kappa shape index (κ1) is 12.9. The maximum atomic E-state index is 13.7. The van der Waals surface area contributed by atoms with Gasteiger partial charge < -0.3 is 9.47 Å². The molecule has 4 heteroatoms. The van der Waals surface area contributed by atoms with E-state index in [1.807, 2.05) is 19.1 Å². The average Bonchev–Trinajstić information content (AvgIpc) is 2.43. The number of para-hydroxylation sites is 2. The lowest BCUT2D eigenvalue weighted by atomic mass is 10.2. The van der Waals surface area contributed by atoms with Crippen molar-refractivity contribution in [2.75, 3.05) is 6.61 Å². The van der Waals surface area contributed by atoms with E-state index in [1.165, 1.54) is 12.1 Å². The van der Waals surface area contributed by atoms with E-state index in [0.717, 1.165) is 6.07 Å². The van der Waals surface area contributed by atoms with Crippen molar-refractivity contribution in [2.24, 2.45) is 0 Å². The zero-order valence-corrected chi connectivity index (χ0v) is 10.4. The third kappa shape index (κ3) is 3.02. The number of hydrogen-bond donors (Lipinski definition) is 0. The Morgan fingerprint density at radius 2 is 1.84 bits per heavy atom. The molecule has 0 N–H and O–H groups in total. The van der Waals surface area contributed by atoms with Gasteiger partial charge in [-0.1, -0.05) is 12.1 Å². The van der Waals surface area contributed by atoms with Gasteiger partial charge in [-0.3, -0.25) is 0 Å². The number of ether oxygens (including phenoxy) is 2. The molecule has 0 spiro atoms. The van der Waals surface area contributed by atoms with Gasteiger partial charge in [-0.05, 0) is 37.3 Å². The summed E-state index contributed by atoms with van der Waals surface area (Å²) in [6.45, 7) is 2.36. The highest BCUT2D eigenvalue weighted by molar-refractivity contribution is 5.44. The van der Waals surface area contributed by atoms with Crippen LogP contribution in [0.3, 0.4) is 0 Å². The normalized spacial score (nSPS) is 9.74. The molecule has 0 radical (unpaired) electrons. The van der Waals surface area contributed by atoms with Crippen molar-refractivity contribution in [2.45, 2.75) is 6.92 Å². The highest BCUT2D eigenvalue weighted by Gasteiger charge is 2.09. The second-order valence-corrected chi connectivity index (χ2v) is 3.74. The van der Waals surface area contributed by atoms with Crippen LogP contribution in [-0.2, 0) is 0 Å². The van der Waals surface area contributed by atoms with Crippen molar-refractivity contribution < 1.29 is 13.9 Å². The van der Waals surface area contributed by atoms with Crippen LogP contribution in [0.5, 0.6) is 17.2 Å². The topological polar surface area (TPSA) is 42.2 Å². The summed E-state index contributed by atoms with van der Waals surface area (Å²) in [7, 11) is 0. The van der Waals surface area contributed by atoms with Gasteiger partial charge in [0.05, 0.1) is 18.2 Å². The van der Waals surface area contributed by atoms with Crippen molar-refractivity contribution in [3.8, 4) is 23.3 Å². The highest BCUT2D eigenvalue weighted by atomic mass is 19.1. The fourth-order valence-corrected chi connectivity index (χ4v) is 1.58. The van der Waals surface area contributed by atoms with Crippen molar-refractivity contribution >= 4 is 0 Å². The van der Waals surface area contributed by atoms with Gasteiger partial charge in [-0.15, -0.1) is 0 Å². The molecule has 0 bridgehead atoms. The van der Waals surface area contributed by atoms with Gasteiger partial charge >= 0.3 is 0 Å². The lowest BCUT2D eigenvalue weighted by Gasteiger charge is -2.11. The molecule has 0 aromatic heterocycles. The number of nitriles is 1. The van der Waals surface area contributed by atoms with Crippen LogP contribution in [0.4, 0.5) is 4.39 Å². The zero-order valence-electron chi connectivity index (χ0n) is 10.4. The first-order valence-corrected chi connectivity index (χ1v) is 5.84. The van der Waals surface area contributed by atoms with E-state index < -0.39 is 5.82 Å². The van der Waals surface area contributed by atoms with Gasteiger partial charge in [-0.2, -0.15) is 5.26 Å². The summed E-state index contributed by atoms with van der Waals surface area (Å²) in [5.74, 6) is 0.471. The van der Waals surface area contributed by atoms with Crippen LogP contribution in [-0.4, -0.2) is 6.61 Å². The molecule has 0 amide bonds. The Balaban J connectivity index is 2.29.